The predicted molar refractivity (Wildman–Crippen MR) is 547 cm³/mol. The van der Waals surface area contributed by atoms with Gasteiger partial charge < -0.3 is 18.2 Å². The van der Waals surface area contributed by atoms with E-state index >= 15 is 0 Å². The van der Waals surface area contributed by atoms with Crippen LogP contribution >= 0.6 is 0 Å². The SMILES string of the molecule is CCCCCCCCCc1cc2ccccc2c(CCCCCCCCC)c1S(=O)(=O)[O-].CCCCCCCCCc1cc2ccccc2c(CCCCCCCCC)c1S(=O)(=O)[O-].CCCCCCCCCc1cc2ccccc2c(CCCCCCCCC)c1S(=O)(=O)[O-].CCCCCCCCCc1cc2ccccc2c(CCCCCCCCC)c1S(=O)(=O)[O-].[Pb]. The summed E-state index contributed by atoms with van der Waals surface area (Å²) in [4.78, 5) is 0.308. The van der Waals surface area contributed by atoms with Crippen LogP contribution in [0.4, 0.5) is 0 Å². The Morgan fingerprint density at radius 3 is 0.442 bits per heavy atom. The Morgan fingerprint density at radius 2 is 0.302 bits per heavy atom. The Kier molecular flexibility index (Phi) is 62.6. The Balaban J connectivity index is 0.000000359. The second-order valence-electron chi connectivity index (χ2n) is 37.0. The van der Waals surface area contributed by atoms with Crippen molar-refractivity contribution < 1.29 is 51.9 Å². The van der Waals surface area contributed by atoms with Gasteiger partial charge in [-0.3, -0.25) is 0 Å². The van der Waals surface area contributed by atoms with Gasteiger partial charge in [-0.25, -0.2) is 33.7 Å². The zero-order valence-corrected chi connectivity index (χ0v) is 89.0. The average Bonchev–Trinajstić information content (AvgIpc) is 0.783. The largest absolute Gasteiger partial charge is 0.744 e. The molecule has 129 heavy (non-hydrogen) atoms. The summed E-state index contributed by atoms with van der Waals surface area (Å²) in [7, 11) is -18.1. The maximum Gasteiger partial charge on any atom is 0.124 e. The van der Waals surface area contributed by atoms with E-state index in [4.69, 9.17) is 0 Å². The van der Waals surface area contributed by atoms with Gasteiger partial charge in [-0.1, -0.05) is 461 Å². The third kappa shape index (κ3) is 45.7. The van der Waals surface area contributed by atoms with E-state index in [1.807, 2.05) is 121 Å². The smallest absolute Gasteiger partial charge is 0.124 e. The van der Waals surface area contributed by atoms with E-state index in [-0.39, 0.29) is 46.9 Å². The maximum atomic E-state index is 12.4. The van der Waals surface area contributed by atoms with Gasteiger partial charge in [0.1, 0.15) is 40.5 Å². The van der Waals surface area contributed by atoms with Gasteiger partial charge in [-0.15, -0.1) is 0 Å². The second-order valence-corrected chi connectivity index (χ2v) is 42.3. The molecule has 0 unspecified atom stereocenters. The van der Waals surface area contributed by atoms with Crippen molar-refractivity contribution in [1.29, 1.82) is 0 Å². The summed E-state index contributed by atoms with van der Waals surface area (Å²) in [5, 5.41) is 7.91. The second kappa shape index (κ2) is 69.2. The van der Waals surface area contributed by atoms with Gasteiger partial charge in [0.05, 0.1) is 19.6 Å². The molecule has 8 aromatic carbocycles. The van der Waals surface area contributed by atoms with Crippen LogP contribution in [0, 0.1) is 0 Å². The first-order chi connectivity index (χ1) is 61.9. The van der Waals surface area contributed by atoms with Crippen LogP contribution in [-0.4, -0.2) is 79.2 Å². The molecule has 724 valence electrons. The van der Waals surface area contributed by atoms with Crippen LogP contribution in [0.25, 0.3) is 43.1 Å². The Morgan fingerprint density at radius 1 is 0.178 bits per heavy atom. The number of unbranched alkanes of at least 4 members (excludes halogenated alkanes) is 48. The molecule has 4 radical (unpaired) electrons. The third-order valence-corrected chi connectivity index (χ3v) is 30.1. The first-order valence-corrected chi connectivity index (χ1v) is 57.6. The van der Waals surface area contributed by atoms with Crippen LogP contribution in [0.5, 0.6) is 0 Å². The van der Waals surface area contributed by atoms with E-state index in [0.29, 0.717) is 51.4 Å². The van der Waals surface area contributed by atoms with Crippen molar-refractivity contribution in [3.8, 4) is 0 Å². The number of benzene rings is 8. The molecule has 0 bridgehead atoms. The molecule has 0 aliphatic carbocycles. The molecular weight excluding hydrogens is 1870 g/mol. The van der Waals surface area contributed by atoms with Gasteiger partial charge in [-0.05, 0) is 215 Å². The van der Waals surface area contributed by atoms with E-state index in [9.17, 15) is 51.9 Å². The molecule has 0 amide bonds. The summed E-state index contributed by atoms with van der Waals surface area (Å²) < 4.78 is 149. The number of aryl methyl sites for hydroxylation is 8. The summed E-state index contributed by atoms with van der Waals surface area (Å²) in [5.41, 5.74) is 5.93. The molecule has 8 aromatic rings. The van der Waals surface area contributed by atoms with Crippen molar-refractivity contribution in [2.45, 2.75) is 486 Å². The molecule has 0 spiro atoms. The first kappa shape index (κ1) is 117. The normalized spacial score (nSPS) is 11.9. The van der Waals surface area contributed by atoms with E-state index in [1.54, 1.807) is 0 Å². The zero-order chi connectivity index (χ0) is 92.9. The summed E-state index contributed by atoms with van der Waals surface area (Å²) >= 11 is 0. The minimum absolute atomic E-state index is 0. The van der Waals surface area contributed by atoms with E-state index in [1.165, 1.54) is 257 Å². The van der Waals surface area contributed by atoms with Crippen molar-refractivity contribution in [1.82, 2.24) is 0 Å². The molecule has 0 saturated carbocycles. The molecule has 0 aromatic heterocycles. The van der Waals surface area contributed by atoms with Crippen molar-refractivity contribution in [3.05, 3.63) is 166 Å². The molecular formula is C112H172O12PbS4-4. The maximum absolute atomic E-state index is 12.4. The van der Waals surface area contributed by atoms with Crippen LogP contribution in [0.2, 0.25) is 0 Å². The quantitative estimate of drug-likeness (QED) is 0.0197. The minimum atomic E-state index is -4.51. The molecule has 0 fully saturated rings. The van der Waals surface area contributed by atoms with Crippen LogP contribution in [0.1, 0.15) is 459 Å². The molecule has 0 aliphatic rings. The summed E-state index contributed by atoms with van der Waals surface area (Å²) in [5.74, 6) is 0. The molecule has 0 saturated heterocycles. The van der Waals surface area contributed by atoms with Crippen molar-refractivity contribution in [2.24, 2.45) is 0 Å². The molecule has 0 heterocycles. The van der Waals surface area contributed by atoms with Gasteiger partial charge in [0.2, 0.25) is 0 Å². The molecule has 0 N–H and O–H groups in total. The Labute approximate surface area is 807 Å². The number of hydrogen-bond acceptors (Lipinski definition) is 12. The Bertz CT molecular complexity index is 4220. The summed E-state index contributed by atoms with van der Waals surface area (Å²) in [6.45, 7) is 17.7. The van der Waals surface area contributed by atoms with Gasteiger partial charge in [0, 0.05) is 27.3 Å². The van der Waals surface area contributed by atoms with Crippen LogP contribution in [0.3, 0.4) is 0 Å². The topological polar surface area (TPSA) is 229 Å². The van der Waals surface area contributed by atoms with E-state index in [0.717, 1.165) is 190 Å². The number of hydrogen-bond donors (Lipinski definition) is 0. The average molecular weight is 2050 g/mol. The van der Waals surface area contributed by atoms with Crippen molar-refractivity contribution >= 4 is 111 Å². The fraction of sp³-hybridized carbons (Fsp3) is 0.643. The minimum Gasteiger partial charge on any atom is -0.744 e. The molecule has 17 heteroatoms. The molecule has 12 nitrogen and oxygen atoms in total. The number of fused-ring (bicyclic) bond motifs is 4. The molecule has 8 rings (SSSR count). The standard InChI is InChI=1S/4C28H44O3S.Pb/c4*1-3-5-7-9-11-13-15-20-25-23-24-19-17-18-21-26(24)27(28(25)32(29,30)31)22-16-14-12-10-8-6-4-2;/h4*17-19,21,23H,3-16,20,22H2,1-2H3,(H,29,30,31);/p-4. The van der Waals surface area contributed by atoms with Crippen LogP contribution in [-0.2, 0) is 91.8 Å². The van der Waals surface area contributed by atoms with Crippen LogP contribution < -0.4 is 0 Å². The number of rotatable bonds is 68. The zero-order valence-electron chi connectivity index (χ0n) is 81.8. The van der Waals surface area contributed by atoms with Gasteiger partial charge >= 0.3 is 0 Å². The fourth-order valence-electron chi connectivity index (χ4n) is 19.0. The molecule has 0 aliphatic heterocycles. The van der Waals surface area contributed by atoms with Gasteiger partial charge in [0.25, 0.3) is 0 Å². The van der Waals surface area contributed by atoms with E-state index in [2.05, 4.69) is 55.4 Å². The monoisotopic (exact) mass is 2050 g/mol. The first-order valence-electron chi connectivity index (χ1n) is 51.9. The predicted octanol–water partition coefficient (Wildman–Crippen LogP) is 32.9. The summed E-state index contributed by atoms with van der Waals surface area (Å²) in [6, 6.07) is 39.6. The Hall–Kier alpha value is -4.64. The van der Waals surface area contributed by atoms with Gasteiger partial charge in [0.15, 0.2) is 0 Å². The summed E-state index contributed by atoms with van der Waals surface area (Å²) in [6.07, 6.45) is 71.1. The van der Waals surface area contributed by atoms with Crippen LogP contribution in [0.15, 0.2) is 141 Å². The van der Waals surface area contributed by atoms with Gasteiger partial charge in [-0.2, -0.15) is 0 Å². The van der Waals surface area contributed by atoms with Crippen molar-refractivity contribution in [2.75, 3.05) is 0 Å². The fourth-order valence-corrected chi connectivity index (χ4v) is 23.0. The molecule has 0 atom stereocenters. The third-order valence-electron chi connectivity index (χ3n) is 26.0. The van der Waals surface area contributed by atoms with Crippen molar-refractivity contribution in [3.63, 3.8) is 0 Å². The van der Waals surface area contributed by atoms with E-state index < -0.39 is 40.5 Å².